The van der Waals surface area contributed by atoms with Crippen molar-refractivity contribution in [1.82, 2.24) is 5.43 Å². The first kappa shape index (κ1) is 21.8. The second kappa shape index (κ2) is 16.6. The van der Waals surface area contributed by atoms with Gasteiger partial charge in [-0.05, 0) is 13.3 Å². The Morgan fingerprint density at radius 1 is 1.30 bits per heavy atom. The van der Waals surface area contributed by atoms with Crippen LogP contribution in [-0.4, -0.2) is 43.4 Å². The van der Waals surface area contributed by atoms with Crippen LogP contribution in [0.1, 0.15) is 26.2 Å². The Labute approximate surface area is 134 Å². The van der Waals surface area contributed by atoms with E-state index in [1.54, 1.807) is 35.6 Å². The van der Waals surface area contributed by atoms with Crippen molar-refractivity contribution in [3.8, 4) is 0 Å². The third-order valence-electron chi connectivity index (χ3n) is 2.08. The number of halogens is 1. The molecule has 0 aromatic heterocycles. The average Bonchev–Trinajstić information content (AvgIpc) is 2.39. The van der Waals surface area contributed by atoms with Crippen LogP contribution in [-0.2, 0) is 9.53 Å². The van der Waals surface area contributed by atoms with Gasteiger partial charge in [0, 0.05) is 36.8 Å². The molecule has 20 heavy (non-hydrogen) atoms. The van der Waals surface area contributed by atoms with Gasteiger partial charge in [-0.15, -0.1) is 0 Å². The minimum atomic E-state index is 0. The molecule has 0 bridgehead atoms. The summed E-state index contributed by atoms with van der Waals surface area (Å²) in [6.45, 7) is 2.77. The van der Waals surface area contributed by atoms with Gasteiger partial charge in [-0.1, -0.05) is 21.6 Å². The van der Waals surface area contributed by atoms with Gasteiger partial charge < -0.3 is 17.1 Å². The lowest BCUT2D eigenvalue weighted by atomic mass is 10.3. The maximum Gasteiger partial charge on any atom is 0.309 e. The first-order valence-electron chi connectivity index (χ1n) is 6.08. The molecule has 0 aliphatic rings. The fourth-order valence-electron chi connectivity index (χ4n) is 1.10. The largest absolute Gasteiger partial charge is 1.00 e. The lowest BCUT2D eigenvalue weighted by molar-refractivity contribution is -0.118. The van der Waals surface area contributed by atoms with Crippen molar-refractivity contribution in [3.63, 3.8) is 0 Å². The number of Topliss-reactive ketones (excluding diaryl/α,β-unsaturated/α-hetero) is 1. The van der Waals surface area contributed by atoms with E-state index < -0.39 is 0 Å². The van der Waals surface area contributed by atoms with Crippen LogP contribution in [0.5, 0.6) is 0 Å². The summed E-state index contributed by atoms with van der Waals surface area (Å²) in [7, 11) is 5.20. The number of rotatable bonds is 11. The number of carbonyl (C=O) groups excluding carboxylic acids is 1. The molecule has 0 aromatic carbocycles. The molecule has 9 heteroatoms. The highest BCUT2D eigenvalue weighted by molar-refractivity contribution is 8.76. The molecule has 116 valence electrons. The Balaban J connectivity index is 0. The maximum absolute atomic E-state index is 10.7. The highest BCUT2D eigenvalue weighted by Gasteiger charge is 2.03. The van der Waals surface area contributed by atoms with Crippen LogP contribution < -0.4 is 17.8 Å². The van der Waals surface area contributed by atoms with Gasteiger partial charge in [-0.2, -0.15) is 0 Å². The molecule has 0 amide bonds. The van der Waals surface area contributed by atoms with Gasteiger partial charge in [0.1, 0.15) is 5.78 Å². The fraction of sp³-hybridized carbons (Fsp3) is 0.818. The van der Waals surface area contributed by atoms with Crippen LogP contribution in [0, 0.1) is 5.39 Å². The molecule has 0 spiro atoms. The normalized spacial score (nSPS) is 10.6. The monoisotopic (exact) mass is 340 g/mol. The molecule has 0 rings (SSSR count). The first-order chi connectivity index (χ1) is 9.20. The molecule has 0 heterocycles. The highest BCUT2D eigenvalue weighted by Crippen LogP contribution is 2.22. The maximum atomic E-state index is 10.7. The molecule has 6 nitrogen and oxygen atoms in total. The van der Waals surface area contributed by atoms with E-state index >= 15 is 0 Å². The van der Waals surface area contributed by atoms with Crippen molar-refractivity contribution in [3.05, 3.63) is 5.08 Å². The van der Waals surface area contributed by atoms with Crippen molar-refractivity contribution in [2.24, 2.45) is 4.99 Å². The lowest BCUT2D eigenvalue weighted by Crippen LogP contribution is -3.00. The van der Waals surface area contributed by atoms with Gasteiger partial charge >= 0.3 is 5.08 Å². The predicted molar refractivity (Wildman–Crippen MR) is 81.8 cm³/mol. The standard InChI is InChI=1S/C11H21N4O2S2.ClH/c1-10(16)5-6-17-7-9-19-18-8-3-4-11(13-2)14-15-12;/h3-9H2,1-2H3,(H,13,14);1H/q+1;/p-1. The van der Waals surface area contributed by atoms with E-state index in [-0.39, 0.29) is 18.2 Å². The van der Waals surface area contributed by atoms with Gasteiger partial charge in [-0.3, -0.25) is 9.79 Å². The predicted octanol–water partition coefficient (Wildman–Crippen LogP) is -0.466. The first-order valence-corrected chi connectivity index (χ1v) is 8.57. The number of hydrogen-bond donors (Lipinski definition) is 1. The zero-order chi connectivity index (χ0) is 14.3. The lowest BCUT2D eigenvalue weighted by Gasteiger charge is -2.02. The molecular weight excluding hydrogens is 320 g/mol. The van der Waals surface area contributed by atoms with Gasteiger partial charge in [0.25, 0.3) is 5.39 Å². The molecule has 0 fully saturated rings. The van der Waals surface area contributed by atoms with Crippen LogP contribution in [0.2, 0.25) is 0 Å². The summed E-state index contributed by atoms with van der Waals surface area (Å²) in [6.07, 6.45) is 2.24. The Morgan fingerprint density at radius 2 is 2.00 bits per heavy atom. The summed E-state index contributed by atoms with van der Waals surface area (Å²) >= 11 is 0. The third kappa shape index (κ3) is 15.6. The molecule has 0 aliphatic carbocycles. The molecule has 0 unspecified atom stereocenters. The zero-order valence-electron chi connectivity index (χ0n) is 11.8. The Hall–Kier alpha value is -0.490. The van der Waals surface area contributed by atoms with Crippen LogP contribution in [0.15, 0.2) is 4.99 Å². The molecule has 0 atom stereocenters. The van der Waals surface area contributed by atoms with E-state index in [2.05, 4.69) is 15.5 Å². The van der Waals surface area contributed by atoms with Crippen LogP contribution >= 0.6 is 21.6 Å². The molecule has 0 radical (unpaired) electrons. The topological polar surface area (TPSA) is 78.8 Å². The summed E-state index contributed by atoms with van der Waals surface area (Å²) in [5.74, 6) is 2.77. The molecule has 1 N–H and O–H groups in total. The van der Waals surface area contributed by atoms with E-state index in [4.69, 9.17) is 10.1 Å². The van der Waals surface area contributed by atoms with Crippen LogP contribution in [0.4, 0.5) is 0 Å². The average molecular weight is 341 g/mol. The summed E-state index contributed by atoms with van der Waals surface area (Å²) in [4.78, 5) is 14.6. The number of carbonyl (C=O) groups is 1. The van der Waals surface area contributed by atoms with Crippen molar-refractivity contribution < 1.29 is 21.9 Å². The van der Waals surface area contributed by atoms with E-state index in [9.17, 15) is 4.79 Å². The van der Waals surface area contributed by atoms with Crippen molar-refractivity contribution in [2.45, 2.75) is 26.2 Å². The Morgan fingerprint density at radius 3 is 2.60 bits per heavy atom. The summed E-state index contributed by atoms with van der Waals surface area (Å²) in [5.41, 5.74) is 2.43. The molecular formula is C11H21ClN4O2S2. The van der Waals surface area contributed by atoms with Crippen LogP contribution in [0.25, 0.3) is 5.08 Å². The number of amidine groups is 1. The van der Waals surface area contributed by atoms with E-state index in [1.807, 2.05) is 0 Å². The summed E-state index contributed by atoms with van der Waals surface area (Å²) < 4.78 is 5.31. The summed E-state index contributed by atoms with van der Waals surface area (Å²) in [5, 5.41) is 11.2. The third-order valence-corrected chi connectivity index (χ3v) is 4.54. The molecule has 0 saturated heterocycles. The zero-order valence-corrected chi connectivity index (χ0v) is 14.2. The molecule has 0 aliphatic heterocycles. The van der Waals surface area contributed by atoms with Gasteiger partial charge in [0.2, 0.25) is 0 Å². The summed E-state index contributed by atoms with van der Waals surface area (Å²) in [6, 6.07) is 0. The molecule has 0 saturated carbocycles. The van der Waals surface area contributed by atoms with Gasteiger partial charge in [0.15, 0.2) is 5.84 Å². The van der Waals surface area contributed by atoms with Gasteiger partial charge in [-0.25, -0.2) is 0 Å². The van der Waals surface area contributed by atoms with E-state index in [0.717, 1.165) is 24.3 Å². The van der Waals surface area contributed by atoms with E-state index in [1.165, 1.54) is 0 Å². The van der Waals surface area contributed by atoms with Crippen molar-refractivity contribution in [2.75, 3.05) is 31.8 Å². The van der Waals surface area contributed by atoms with E-state index in [0.29, 0.717) is 25.5 Å². The smallest absolute Gasteiger partial charge is 0.309 e. The number of ether oxygens (including phenoxy) is 1. The van der Waals surface area contributed by atoms with Crippen LogP contribution in [0.3, 0.4) is 0 Å². The SMILES string of the molecule is CN=C(CCCSSCCOCCC(C)=O)N[N+]#N.[Cl-]. The second-order valence-corrected chi connectivity index (χ2v) is 6.40. The minimum absolute atomic E-state index is 0. The minimum Gasteiger partial charge on any atom is -1.00 e. The number of diazo groups is 1. The van der Waals surface area contributed by atoms with Crippen molar-refractivity contribution >= 4 is 33.2 Å². The Kier molecular flexibility index (Phi) is 18.1. The Bertz CT molecular complexity index is 324. The quantitative estimate of drug-likeness (QED) is 0.137. The fourth-order valence-corrected chi connectivity index (χ4v) is 3.05. The second-order valence-electron chi connectivity index (χ2n) is 3.69. The number of hydrogen-bond acceptors (Lipinski definition) is 6. The molecule has 0 aromatic rings. The van der Waals surface area contributed by atoms with Gasteiger partial charge in [0.05, 0.1) is 13.2 Å². The number of nitrogens with zero attached hydrogens (tertiary/aromatic N) is 3. The number of aliphatic imine (C=N–C) groups is 1. The number of ketones is 1. The number of nitrogens with one attached hydrogen (secondary N) is 1. The van der Waals surface area contributed by atoms with Crippen molar-refractivity contribution in [1.29, 1.82) is 5.39 Å². The highest BCUT2D eigenvalue weighted by atomic mass is 35.5.